The number of fused-ring (bicyclic) bond motifs is 1. The van der Waals surface area contributed by atoms with E-state index in [-0.39, 0.29) is 5.56 Å². The number of aromatic nitrogens is 4. The Morgan fingerprint density at radius 3 is 3.00 bits per heavy atom. The molecule has 0 atom stereocenters. The van der Waals surface area contributed by atoms with Crippen molar-refractivity contribution in [2.45, 2.75) is 26.3 Å². The van der Waals surface area contributed by atoms with Gasteiger partial charge in [0.15, 0.2) is 5.65 Å². The quantitative estimate of drug-likeness (QED) is 0.669. The zero-order chi connectivity index (χ0) is 16.8. The predicted octanol–water partition coefficient (Wildman–Crippen LogP) is 2.03. The zero-order valence-electron chi connectivity index (χ0n) is 13.5. The molecule has 0 aliphatic rings. The molecule has 0 bridgehead atoms. The summed E-state index contributed by atoms with van der Waals surface area (Å²) in [6.07, 6.45) is 6.67. The van der Waals surface area contributed by atoms with Crippen LogP contribution in [0.25, 0.3) is 11.0 Å². The second-order valence-corrected chi connectivity index (χ2v) is 5.31. The average Bonchev–Trinajstić information content (AvgIpc) is 2.63. The van der Waals surface area contributed by atoms with Crippen LogP contribution in [0.2, 0.25) is 0 Å². The summed E-state index contributed by atoms with van der Waals surface area (Å²) in [5.41, 5.74) is 1.74. The molecule has 0 saturated carbocycles. The molecule has 0 aliphatic carbocycles. The Kier molecular flexibility index (Phi) is 5.00. The molecule has 3 aromatic rings. The first kappa shape index (κ1) is 15.9. The lowest BCUT2D eigenvalue weighted by molar-refractivity contribution is 0.108. The van der Waals surface area contributed by atoms with Crippen LogP contribution < -0.4 is 15.7 Å². The molecule has 1 N–H and O–H groups in total. The summed E-state index contributed by atoms with van der Waals surface area (Å²) in [5, 5.41) is 3.95. The van der Waals surface area contributed by atoms with Gasteiger partial charge in [-0.15, -0.1) is 4.73 Å². The maximum atomic E-state index is 12.4. The molecule has 3 aromatic heterocycles. The molecule has 0 spiro atoms. The number of anilines is 1. The Bertz CT molecular complexity index is 864. The van der Waals surface area contributed by atoms with Gasteiger partial charge in [0.2, 0.25) is 0 Å². The van der Waals surface area contributed by atoms with Gasteiger partial charge in [-0.2, -0.15) is 0 Å². The molecule has 0 aromatic carbocycles. The van der Waals surface area contributed by atoms with Gasteiger partial charge in [0.05, 0.1) is 23.3 Å². The Morgan fingerprint density at radius 2 is 2.21 bits per heavy atom. The number of pyridine rings is 2. The van der Waals surface area contributed by atoms with Gasteiger partial charge in [-0.25, -0.2) is 9.97 Å². The molecule has 0 radical (unpaired) electrons. The van der Waals surface area contributed by atoms with Crippen molar-refractivity contribution in [2.75, 3.05) is 11.9 Å². The number of hydrogen-bond acceptors (Lipinski definition) is 6. The number of nitrogens with zero attached hydrogens (tertiary/aromatic N) is 4. The molecule has 0 unspecified atom stereocenters. The van der Waals surface area contributed by atoms with Crippen molar-refractivity contribution in [2.24, 2.45) is 0 Å². The molecule has 3 heterocycles. The van der Waals surface area contributed by atoms with Gasteiger partial charge in [-0.3, -0.25) is 9.78 Å². The first-order valence-corrected chi connectivity index (χ1v) is 7.92. The fourth-order valence-corrected chi connectivity index (χ4v) is 2.30. The van der Waals surface area contributed by atoms with Gasteiger partial charge < -0.3 is 10.2 Å². The number of rotatable bonds is 7. The highest BCUT2D eigenvalue weighted by atomic mass is 16.7. The van der Waals surface area contributed by atoms with Crippen molar-refractivity contribution in [3.8, 4) is 0 Å². The van der Waals surface area contributed by atoms with Crippen molar-refractivity contribution in [1.82, 2.24) is 19.7 Å². The van der Waals surface area contributed by atoms with E-state index in [1.54, 1.807) is 12.4 Å². The third-order valence-electron chi connectivity index (χ3n) is 3.55. The molecule has 0 saturated heterocycles. The number of nitrogens with one attached hydrogen (secondary N) is 1. The summed E-state index contributed by atoms with van der Waals surface area (Å²) in [7, 11) is 0. The van der Waals surface area contributed by atoms with Crippen LogP contribution in [0.5, 0.6) is 0 Å². The van der Waals surface area contributed by atoms with E-state index in [1.165, 1.54) is 17.1 Å². The summed E-state index contributed by atoms with van der Waals surface area (Å²) in [4.78, 5) is 30.5. The Morgan fingerprint density at radius 1 is 1.29 bits per heavy atom. The molecular weight excluding hydrogens is 306 g/mol. The molecular formula is C17H19N5O2. The van der Waals surface area contributed by atoms with Gasteiger partial charge in [-0.1, -0.05) is 19.4 Å². The highest BCUT2D eigenvalue weighted by molar-refractivity contribution is 5.87. The Labute approximate surface area is 139 Å². The van der Waals surface area contributed by atoms with Gasteiger partial charge in [-0.05, 0) is 18.6 Å². The SMILES string of the molecule is CCCCOn1c(=O)cc(NCc2ccccn2)c2cncnc21. The molecule has 24 heavy (non-hydrogen) atoms. The first-order chi connectivity index (χ1) is 11.8. The lowest BCUT2D eigenvalue weighted by Gasteiger charge is -2.13. The topological polar surface area (TPSA) is 81.9 Å². The largest absolute Gasteiger partial charge is 0.409 e. The molecule has 0 fully saturated rings. The van der Waals surface area contributed by atoms with Crippen molar-refractivity contribution >= 4 is 16.7 Å². The van der Waals surface area contributed by atoms with Crippen LogP contribution in [0.15, 0.2) is 47.8 Å². The maximum Gasteiger partial charge on any atom is 0.287 e. The highest BCUT2D eigenvalue weighted by Gasteiger charge is 2.11. The Hall–Kier alpha value is -2.96. The van der Waals surface area contributed by atoms with Gasteiger partial charge in [0, 0.05) is 18.5 Å². The van der Waals surface area contributed by atoms with E-state index >= 15 is 0 Å². The Balaban J connectivity index is 1.91. The normalized spacial score (nSPS) is 10.7. The monoisotopic (exact) mass is 325 g/mol. The molecule has 3 rings (SSSR count). The summed E-state index contributed by atoms with van der Waals surface area (Å²) in [6, 6.07) is 7.20. The maximum absolute atomic E-state index is 12.4. The lowest BCUT2D eigenvalue weighted by Crippen LogP contribution is -2.28. The van der Waals surface area contributed by atoms with Crippen molar-refractivity contribution in [3.05, 3.63) is 59.0 Å². The van der Waals surface area contributed by atoms with E-state index in [0.29, 0.717) is 24.5 Å². The highest BCUT2D eigenvalue weighted by Crippen LogP contribution is 2.18. The second kappa shape index (κ2) is 7.54. The lowest BCUT2D eigenvalue weighted by atomic mass is 10.2. The third-order valence-corrected chi connectivity index (χ3v) is 3.55. The molecule has 124 valence electrons. The molecule has 7 nitrogen and oxygen atoms in total. The van der Waals surface area contributed by atoms with E-state index < -0.39 is 0 Å². The predicted molar refractivity (Wildman–Crippen MR) is 91.7 cm³/mol. The van der Waals surface area contributed by atoms with Crippen LogP contribution in [0.3, 0.4) is 0 Å². The van der Waals surface area contributed by atoms with E-state index in [1.807, 2.05) is 18.2 Å². The van der Waals surface area contributed by atoms with Crippen molar-refractivity contribution in [3.63, 3.8) is 0 Å². The van der Waals surface area contributed by atoms with E-state index in [4.69, 9.17) is 4.84 Å². The average molecular weight is 325 g/mol. The minimum absolute atomic E-state index is 0.263. The third kappa shape index (κ3) is 3.51. The fourth-order valence-electron chi connectivity index (χ4n) is 2.30. The summed E-state index contributed by atoms with van der Waals surface area (Å²) < 4.78 is 1.23. The van der Waals surface area contributed by atoms with Crippen LogP contribution in [-0.4, -0.2) is 26.3 Å². The van der Waals surface area contributed by atoms with Crippen molar-refractivity contribution < 1.29 is 4.84 Å². The molecule has 0 aliphatic heterocycles. The summed E-state index contributed by atoms with van der Waals surface area (Å²) >= 11 is 0. The summed E-state index contributed by atoms with van der Waals surface area (Å²) in [5.74, 6) is 0. The second-order valence-electron chi connectivity index (χ2n) is 5.31. The number of hydrogen-bond donors (Lipinski definition) is 1. The van der Waals surface area contributed by atoms with Crippen LogP contribution >= 0.6 is 0 Å². The smallest absolute Gasteiger partial charge is 0.287 e. The van der Waals surface area contributed by atoms with E-state index in [9.17, 15) is 4.79 Å². The van der Waals surface area contributed by atoms with Crippen LogP contribution in [0.1, 0.15) is 25.5 Å². The zero-order valence-corrected chi connectivity index (χ0v) is 13.5. The minimum Gasteiger partial charge on any atom is -0.409 e. The molecule has 0 amide bonds. The van der Waals surface area contributed by atoms with Crippen LogP contribution in [-0.2, 0) is 6.54 Å². The number of unbranched alkanes of at least 4 members (excludes halogenated alkanes) is 1. The standard InChI is InChI=1S/C17H19N5O2/c1-2-3-8-24-22-16(23)9-15(14-11-18-12-21-17(14)22)20-10-13-6-4-5-7-19-13/h4-7,9,11-12,20H,2-3,8,10H2,1H3. The first-order valence-electron chi connectivity index (χ1n) is 7.92. The van der Waals surface area contributed by atoms with E-state index in [2.05, 4.69) is 27.2 Å². The van der Waals surface area contributed by atoms with Crippen LogP contribution in [0, 0.1) is 0 Å². The van der Waals surface area contributed by atoms with Gasteiger partial charge in [0.25, 0.3) is 5.56 Å². The van der Waals surface area contributed by atoms with Gasteiger partial charge >= 0.3 is 0 Å². The fraction of sp³-hybridized carbons (Fsp3) is 0.294. The van der Waals surface area contributed by atoms with E-state index in [0.717, 1.165) is 23.9 Å². The van der Waals surface area contributed by atoms with Crippen molar-refractivity contribution in [1.29, 1.82) is 0 Å². The van der Waals surface area contributed by atoms with Crippen LogP contribution in [0.4, 0.5) is 5.69 Å². The van der Waals surface area contributed by atoms with Gasteiger partial charge in [0.1, 0.15) is 12.9 Å². The summed E-state index contributed by atoms with van der Waals surface area (Å²) in [6.45, 7) is 3.04. The minimum atomic E-state index is -0.263. The molecule has 7 heteroatoms.